The Morgan fingerprint density at radius 3 is 2.46 bits per heavy atom. The third-order valence-corrected chi connectivity index (χ3v) is 7.68. The molecule has 0 amide bonds. The predicted octanol–water partition coefficient (Wildman–Crippen LogP) is 5.04. The SMILES string of the molecule is O=S(=O)(c1ccc(Cl)c(Cl)c1)N1CCC(c2c[nH]c3ccccc23)CC1. The summed E-state index contributed by atoms with van der Waals surface area (Å²) in [5, 5.41) is 1.82. The van der Waals surface area contributed by atoms with Crippen LogP contribution < -0.4 is 0 Å². The minimum Gasteiger partial charge on any atom is -0.361 e. The first kappa shape index (κ1) is 17.9. The van der Waals surface area contributed by atoms with Crippen LogP contribution in [-0.2, 0) is 10.0 Å². The average Bonchev–Trinajstić information content (AvgIpc) is 3.08. The Morgan fingerprint density at radius 1 is 1.00 bits per heavy atom. The molecule has 0 radical (unpaired) electrons. The van der Waals surface area contributed by atoms with Crippen molar-refractivity contribution in [2.24, 2.45) is 0 Å². The lowest BCUT2D eigenvalue weighted by Crippen LogP contribution is -2.37. The molecule has 1 N–H and O–H groups in total. The fourth-order valence-electron chi connectivity index (χ4n) is 3.63. The first-order valence-electron chi connectivity index (χ1n) is 8.48. The largest absolute Gasteiger partial charge is 0.361 e. The maximum Gasteiger partial charge on any atom is 0.243 e. The van der Waals surface area contributed by atoms with Gasteiger partial charge in [0.2, 0.25) is 10.0 Å². The molecule has 2 aromatic carbocycles. The summed E-state index contributed by atoms with van der Waals surface area (Å²) in [7, 11) is -3.55. The number of halogens is 2. The fourth-order valence-corrected chi connectivity index (χ4v) is 5.48. The average molecular weight is 409 g/mol. The van der Waals surface area contributed by atoms with E-state index >= 15 is 0 Å². The molecule has 0 atom stereocenters. The molecule has 26 heavy (non-hydrogen) atoms. The van der Waals surface area contributed by atoms with Crippen LogP contribution in [0.1, 0.15) is 24.3 Å². The summed E-state index contributed by atoms with van der Waals surface area (Å²) in [4.78, 5) is 3.50. The maximum absolute atomic E-state index is 12.9. The molecule has 1 aromatic heterocycles. The highest BCUT2D eigenvalue weighted by atomic mass is 35.5. The third kappa shape index (κ3) is 3.14. The normalized spacial score (nSPS) is 17.0. The van der Waals surface area contributed by atoms with Crippen LogP contribution in [0.25, 0.3) is 10.9 Å². The van der Waals surface area contributed by atoms with Crippen molar-refractivity contribution in [2.75, 3.05) is 13.1 Å². The number of hydrogen-bond acceptors (Lipinski definition) is 2. The number of rotatable bonds is 3. The maximum atomic E-state index is 12.9. The van der Waals surface area contributed by atoms with Crippen LogP contribution in [0.5, 0.6) is 0 Å². The first-order chi connectivity index (χ1) is 12.5. The summed E-state index contributed by atoms with van der Waals surface area (Å²) in [5.74, 6) is 0.353. The van der Waals surface area contributed by atoms with Gasteiger partial charge >= 0.3 is 0 Å². The van der Waals surface area contributed by atoms with Crippen LogP contribution in [-0.4, -0.2) is 30.8 Å². The van der Waals surface area contributed by atoms with Crippen molar-refractivity contribution in [3.8, 4) is 0 Å². The van der Waals surface area contributed by atoms with E-state index in [-0.39, 0.29) is 9.92 Å². The van der Waals surface area contributed by atoms with Crippen molar-refractivity contribution in [1.29, 1.82) is 0 Å². The molecule has 2 heterocycles. The summed E-state index contributed by atoms with van der Waals surface area (Å²) in [6.07, 6.45) is 3.64. The van der Waals surface area contributed by atoms with Crippen molar-refractivity contribution in [1.82, 2.24) is 9.29 Å². The molecule has 0 unspecified atom stereocenters. The molecule has 136 valence electrons. The fraction of sp³-hybridized carbons (Fsp3) is 0.263. The third-order valence-electron chi connectivity index (χ3n) is 5.04. The molecule has 0 spiro atoms. The molecule has 4 nitrogen and oxygen atoms in total. The van der Waals surface area contributed by atoms with Gasteiger partial charge < -0.3 is 4.98 Å². The summed E-state index contributed by atoms with van der Waals surface area (Å²) < 4.78 is 27.3. The molecule has 0 aliphatic carbocycles. The Labute approximate surface area is 162 Å². The van der Waals surface area contributed by atoms with Crippen LogP contribution in [0.4, 0.5) is 0 Å². The van der Waals surface area contributed by atoms with Gasteiger partial charge in [-0.25, -0.2) is 8.42 Å². The topological polar surface area (TPSA) is 53.2 Å². The molecule has 1 saturated heterocycles. The number of sulfonamides is 1. The second kappa shape index (κ2) is 6.89. The second-order valence-corrected chi connectivity index (χ2v) is 9.30. The van der Waals surface area contributed by atoms with E-state index in [1.165, 1.54) is 33.5 Å². The van der Waals surface area contributed by atoms with Gasteiger partial charge in [-0.1, -0.05) is 41.4 Å². The van der Waals surface area contributed by atoms with Crippen molar-refractivity contribution in [3.63, 3.8) is 0 Å². The Morgan fingerprint density at radius 2 is 1.73 bits per heavy atom. The molecule has 4 rings (SSSR count). The molecule has 0 bridgehead atoms. The smallest absolute Gasteiger partial charge is 0.243 e. The number of nitrogens with zero attached hydrogens (tertiary/aromatic N) is 1. The van der Waals surface area contributed by atoms with Crippen molar-refractivity contribution in [3.05, 3.63) is 64.3 Å². The van der Waals surface area contributed by atoms with Gasteiger partial charge in [-0.05, 0) is 48.6 Å². The van der Waals surface area contributed by atoms with E-state index in [1.807, 2.05) is 12.1 Å². The quantitative estimate of drug-likeness (QED) is 0.659. The Bertz CT molecular complexity index is 1050. The lowest BCUT2D eigenvalue weighted by Gasteiger charge is -2.31. The molecular formula is C19H18Cl2N2O2S. The lowest BCUT2D eigenvalue weighted by atomic mass is 9.90. The van der Waals surface area contributed by atoms with Crippen LogP contribution in [0.15, 0.2) is 53.6 Å². The first-order valence-corrected chi connectivity index (χ1v) is 10.7. The zero-order chi connectivity index (χ0) is 18.3. The number of piperidine rings is 1. The number of aromatic nitrogens is 1. The standard InChI is InChI=1S/C19H18Cl2N2O2S/c20-17-6-5-14(11-18(17)21)26(24,25)23-9-7-13(8-10-23)16-12-22-19-4-2-1-3-15(16)19/h1-6,11-13,22H,7-10H2. The zero-order valence-corrected chi connectivity index (χ0v) is 16.3. The van der Waals surface area contributed by atoms with Gasteiger partial charge in [0, 0.05) is 30.2 Å². The van der Waals surface area contributed by atoms with Gasteiger partial charge in [0.15, 0.2) is 0 Å². The number of aromatic amines is 1. The van der Waals surface area contributed by atoms with E-state index in [0.29, 0.717) is 24.0 Å². The van der Waals surface area contributed by atoms with Crippen molar-refractivity contribution >= 4 is 44.1 Å². The van der Waals surface area contributed by atoms with Crippen LogP contribution in [0.3, 0.4) is 0 Å². The summed E-state index contributed by atoms with van der Waals surface area (Å²) in [6.45, 7) is 0.986. The zero-order valence-electron chi connectivity index (χ0n) is 14.0. The number of H-pyrrole nitrogens is 1. The Balaban J connectivity index is 1.53. The highest BCUT2D eigenvalue weighted by molar-refractivity contribution is 7.89. The van der Waals surface area contributed by atoms with Crippen LogP contribution in [0, 0.1) is 0 Å². The minimum atomic E-state index is -3.55. The minimum absolute atomic E-state index is 0.192. The van der Waals surface area contributed by atoms with E-state index in [2.05, 4.69) is 23.3 Å². The van der Waals surface area contributed by atoms with Crippen molar-refractivity contribution in [2.45, 2.75) is 23.7 Å². The van der Waals surface area contributed by atoms with E-state index in [0.717, 1.165) is 18.4 Å². The van der Waals surface area contributed by atoms with Gasteiger partial charge in [-0.15, -0.1) is 0 Å². The van der Waals surface area contributed by atoms with Gasteiger partial charge in [0.1, 0.15) is 0 Å². The van der Waals surface area contributed by atoms with Crippen molar-refractivity contribution < 1.29 is 8.42 Å². The number of hydrogen-bond donors (Lipinski definition) is 1. The van der Waals surface area contributed by atoms with Gasteiger partial charge in [-0.2, -0.15) is 4.31 Å². The van der Waals surface area contributed by atoms with E-state index in [9.17, 15) is 8.42 Å². The van der Waals surface area contributed by atoms with Gasteiger partial charge in [-0.3, -0.25) is 0 Å². The highest BCUT2D eigenvalue weighted by Gasteiger charge is 2.31. The number of benzene rings is 2. The van der Waals surface area contributed by atoms with Crippen LogP contribution >= 0.6 is 23.2 Å². The molecule has 0 saturated carbocycles. The Kier molecular flexibility index (Phi) is 4.73. The monoisotopic (exact) mass is 408 g/mol. The molecule has 1 aliphatic heterocycles. The lowest BCUT2D eigenvalue weighted by molar-refractivity contribution is 0.320. The predicted molar refractivity (Wildman–Crippen MR) is 105 cm³/mol. The second-order valence-electron chi connectivity index (χ2n) is 6.54. The number of fused-ring (bicyclic) bond motifs is 1. The number of para-hydroxylation sites is 1. The van der Waals surface area contributed by atoms with E-state index < -0.39 is 10.0 Å². The summed E-state index contributed by atoms with van der Waals surface area (Å²) in [5.41, 5.74) is 2.39. The summed E-state index contributed by atoms with van der Waals surface area (Å²) >= 11 is 11.9. The summed E-state index contributed by atoms with van der Waals surface area (Å²) in [6, 6.07) is 12.7. The van der Waals surface area contributed by atoms with Gasteiger partial charge in [0.05, 0.1) is 14.9 Å². The Hall–Kier alpha value is -1.53. The molecule has 7 heteroatoms. The highest BCUT2D eigenvalue weighted by Crippen LogP contribution is 2.35. The van der Waals surface area contributed by atoms with E-state index in [4.69, 9.17) is 23.2 Å². The van der Waals surface area contributed by atoms with E-state index in [1.54, 1.807) is 0 Å². The molecule has 1 fully saturated rings. The molecule has 1 aliphatic rings. The molecular weight excluding hydrogens is 391 g/mol. The molecule has 3 aromatic rings. The van der Waals surface area contributed by atoms with Crippen LogP contribution in [0.2, 0.25) is 10.0 Å². The number of nitrogens with one attached hydrogen (secondary N) is 1. The van der Waals surface area contributed by atoms with Gasteiger partial charge in [0.25, 0.3) is 0 Å².